The van der Waals surface area contributed by atoms with Crippen LogP contribution in [0.15, 0.2) is 126 Å². The highest BCUT2D eigenvalue weighted by molar-refractivity contribution is 7.94. The lowest BCUT2D eigenvalue weighted by Gasteiger charge is -2.22. The Morgan fingerprint density at radius 2 is 1.68 bits per heavy atom. The van der Waals surface area contributed by atoms with Crippen molar-refractivity contribution in [3.8, 4) is 5.75 Å². The van der Waals surface area contributed by atoms with Gasteiger partial charge in [0.25, 0.3) is 10.1 Å². The van der Waals surface area contributed by atoms with Crippen molar-refractivity contribution in [2.75, 3.05) is 33.8 Å². The number of aromatic hydroxyl groups is 1. The molecule has 1 aromatic heterocycles. The SMILES string of the molecule is C=CS(=O)(=O)c1cccc(N(CC)c2nc(Cl)nc(Nc3cc(S(=O)(=O)O)cc(N=NC(=NNc4cc(SOOO)ccc4C(=O)O)c4ccc(S(=O)(=O)CCCl)cc4)c3O)n2)c1. The number of nitrogens with zero attached hydrogens (tertiary/aromatic N) is 7. The number of halogens is 2. The first-order valence-electron chi connectivity index (χ1n) is 17.2. The maximum absolute atomic E-state index is 12.7. The zero-order valence-electron chi connectivity index (χ0n) is 31.9. The molecule has 0 saturated carbocycles. The summed E-state index contributed by atoms with van der Waals surface area (Å²) in [5, 5.41) is 48.5. The molecule has 0 aliphatic rings. The lowest BCUT2D eigenvalue weighted by molar-refractivity contribution is -0.432. The van der Waals surface area contributed by atoms with Crippen LogP contribution in [0.2, 0.25) is 5.28 Å². The molecule has 0 amide bonds. The monoisotopic (exact) mass is 983 g/mol. The number of carbonyl (C=O) groups is 1. The van der Waals surface area contributed by atoms with Gasteiger partial charge in [0.15, 0.2) is 25.4 Å². The van der Waals surface area contributed by atoms with Gasteiger partial charge < -0.3 is 20.4 Å². The van der Waals surface area contributed by atoms with Crippen molar-refractivity contribution in [2.24, 2.45) is 15.3 Å². The third-order valence-corrected chi connectivity index (χ3v) is 13.2. The number of azo groups is 1. The van der Waals surface area contributed by atoms with Crippen LogP contribution < -0.4 is 15.6 Å². The number of benzene rings is 4. The van der Waals surface area contributed by atoms with Crippen LogP contribution in [0.25, 0.3) is 0 Å². The summed E-state index contributed by atoms with van der Waals surface area (Å²) in [5.41, 5.74) is 1.36. The molecule has 0 aliphatic heterocycles. The lowest BCUT2D eigenvalue weighted by Crippen LogP contribution is -2.20. The average Bonchev–Trinajstić information content (AvgIpc) is 3.24. The molecule has 4 aromatic carbocycles. The van der Waals surface area contributed by atoms with Gasteiger partial charge in [-0.25, -0.2) is 26.9 Å². The maximum atomic E-state index is 12.7. The number of rotatable bonds is 19. The van der Waals surface area contributed by atoms with Crippen LogP contribution in [0.3, 0.4) is 0 Å². The van der Waals surface area contributed by atoms with Gasteiger partial charge in [0, 0.05) is 34.0 Å². The van der Waals surface area contributed by atoms with E-state index in [4.69, 9.17) is 28.5 Å². The molecule has 5 rings (SSSR count). The van der Waals surface area contributed by atoms with E-state index in [2.05, 4.69) is 57.0 Å². The molecule has 1 heterocycles. The average molecular weight is 985 g/mol. The molecular weight excluding hydrogens is 954 g/mol. The van der Waals surface area contributed by atoms with E-state index in [1.165, 1.54) is 65.6 Å². The number of amidine groups is 1. The molecule has 0 atom stereocenters. The van der Waals surface area contributed by atoms with E-state index in [1.807, 2.05) is 0 Å². The van der Waals surface area contributed by atoms with Crippen LogP contribution in [0.5, 0.6) is 5.75 Å². The highest BCUT2D eigenvalue weighted by Crippen LogP contribution is 2.39. The molecule has 0 radical (unpaired) electrons. The number of phenolic OH excluding ortho intramolecular Hbond substituents is 1. The van der Waals surface area contributed by atoms with Crippen molar-refractivity contribution < 1.29 is 59.4 Å². The van der Waals surface area contributed by atoms with Crippen molar-refractivity contribution >= 4 is 111 Å². The molecule has 0 saturated heterocycles. The Balaban J connectivity index is 1.60. The molecule has 0 fully saturated rings. The van der Waals surface area contributed by atoms with E-state index in [0.717, 1.165) is 17.5 Å². The molecule has 5 aromatic rings. The van der Waals surface area contributed by atoms with Crippen LogP contribution in [-0.2, 0) is 39.2 Å². The summed E-state index contributed by atoms with van der Waals surface area (Å²) in [4.78, 5) is 25.1. The van der Waals surface area contributed by atoms with Gasteiger partial charge in [0.1, 0.15) is 5.69 Å². The highest BCUT2D eigenvalue weighted by Gasteiger charge is 2.22. The molecular formula is C35H31Cl2N9O13S4. The minimum Gasteiger partial charge on any atom is -0.504 e. The van der Waals surface area contributed by atoms with E-state index >= 15 is 0 Å². The predicted octanol–water partition coefficient (Wildman–Crippen LogP) is 6.99. The summed E-state index contributed by atoms with van der Waals surface area (Å²) in [6.45, 7) is 5.21. The number of aromatic carboxylic acids is 1. The van der Waals surface area contributed by atoms with Crippen molar-refractivity contribution in [1.82, 2.24) is 15.0 Å². The molecule has 0 unspecified atom stereocenters. The third kappa shape index (κ3) is 12.2. The Labute approximate surface area is 372 Å². The predicted molar refractivity (Wildman–Crippen MR) is 230 cm³/mol. The van der Waals surface area contributed by atoms with Gasteiger partial charge >= 0.3 is 5.97 Å². The number of anilines is 5. The summed E-state index contributed by atoms with van der Waals surface area (Å²) in [5.74, 6) is -3.63. The number of sulfone groups is 2. The number of aromatic nitrogens is 3. The summed E-state index contributed by atoms with van der Waals surface area (Å²) >= 11 is 12.4. The van der Waals surface area contributed by atoms with E-state index in [0.29, 0.717) is 17.7 Å². The normalized spacial score (nSPS) is 12.3. The Kier molecular flexibility index (Phi) is 15.8. The largest absolute Gasteiger partial charge is 0.504 e. The molecule has 6 N–H and O–H groups in total. The smallest absolute Gasteiger partial charge is 0.337 e. The third-order valence-electron chi connectivity index (χ3n) is 8.17. The molecule has 332 valence electrons. The van der Waals surface area contributed by atoms with Gasteiger partial charge in [0.2, 0.25) is 23.0 Å². The van der Waals surface area contributed by atoms with Crippen molar-refractivity contribution in [3.05, 3.63) is 107 Å². The van der Waals surface area contributed by atoms with E-state index in [-0.39, 0.29) is 66.9 Å². The van der Waals surface area contributed by atoms with E-state index < -0.39 is 63.6 Å². The summed E-state index contributed by atoms with van der Waals surface area (Å²) in [6, 6.07) is 16.0. The Hall–Kier alpha value is -5.81. The van der Waals surface area contributed by atoms with Gasteiger partial charge in [-0.15, -0.1) is 26.2 Å². The van der Waals surface area contributed by atoms with Crippen LogP contribution in [0.4, 0.5) is 34.6 Å². The van der Waals surface area contributed by atoms with Gasteiger partial charge in [-0.05, 0) is 91.3 Å². The number of phenols is 1. The first kappa shape index (κ1) is 48.2. The zero-order chi connectivity index (χ0) is 46.1. The van der Waals surface area contributed by atoms with Crippen molar-refractivity contribution in [3.63, 3.8) is 0 Å². The fourth-order valence-corrected chi connectivity index (χ4v) is 8.64. The number of hydrazone groups is 1. The minimum absolute atomic E-state index is 0.0553. The summed E-state index contributed by atoms with van der Waals surface area (Å²) in [6.07, 6.45) is 0. The first-order chi connectivity index (χ1) is 29.8. The fraction of sp³-hybridized carbons (Fsp3) is 0.114. The highest BCUT2D eigenvalue weighted by atomic mass is 35.5. The maximum Gasteiger partial charge on any atom is 0.337 e. The topological polar surface area (TPSA) is 322 Å². The van der Waals surface area contributed by atoms with E-state index in [1.54, 1.807) is 13.0 Å². The molecule has 63 heavy (non-hydrogen) atoms. The molecule has 22 nitrogen and oxygen atoms in total. The van der Waals surface area contributed by atoms with Gasteiger partial charge in [-0.2, -0.15) is 28.5 Å². The fourth-order valence-electron chi connectivity index (χ4n) is 5.21. The van der Waals surface area contributed by atoms with Gasteiger partial charge in [-0.3, -0.25) is 9.98 Å². The number of nitrogens with one attached hydrogen (secondary N) is 2. The minimum atomic E-state index is -5.03. The Morgan fingerprint density at radius 3 is 2.32 bits per heavy atom. The number of alkyl halides is 1. The molecule has 0 spiro atoms. The summed E-state index contributed by atoms with van der Waals surface area (Å²) in [7, 11) is -12.7. The quantitative estimate of drug-likeness (QED) is 0.00558. The second-order valence-corrected chi connectivity index (χ2v) is 19.1. The summed E-state index contributed by atoms with van der Waals surface area (Å²) < 4.78 is 89.6. The zero-order valence-corrected chi connectivity index (χ0v) is 36.7. The van der Waals surface area contributed by atoms with E-state index in [9.17, 15) is 44.8 Å². The molecule has 0 aliphatic carbocycles. The molecule has 28 heteroatoms. The van der Waals surface area contributed by atoms with Crippen molar-refractivity contribution in [2.45, 2.75) is 26.5 Å². The van der Waals surface area contributed by atoms with Crippen LogP contribution >= 0.6 is 35.2 Å². The van der Waals surface area contributed by atoms with Crippen LogP contribution in [0.1, 0.15) is 22.8 Å². The number of hydrogen-bond donors (Lipinski definition) is 6. The van der Waals surface area contributed by atoms with Gasteiger partial charge in [-0.1, -0.05) is 17.7 Å². The van der Waals surface area contributed by atoms with Crippen LogP contribution in [0, 0.1) is 0 Å². The molecule has 0 bridgehead atoms. The van der Waals surface area contributed by atoms with Gasteiger partial charge in [0.05, 0.1) is 49.4 Å². The Morgan fingerprint density at radius 1 is 0.952 bits per heavy atom. The number of carboxylic acid groups (broad SMARTS) is 1. The Bertz CT molecular complexity index is 2950. The second kappa shape index (κ2) is 20.6. The lowest BCUT2D eigenvalue weighted by atomic mass is 10.2. The first-order valence-corrected chi connectivity index (χ1v) is 23.5. The standard InChI is InChI=1S/C35H31Cl2N9O13S4/c1-3-46(21-6-5-7-24(16-21)61(51,52)4-2)35-40-33(37)39-34(41-35)38-28-18-25(63(55,56)57)19-29(30(28)47)43-45-31(20-8-11-23(12-9-20)62(53,54)15-14-36)44-42-27-17-22(60-59-58-50)10-13-26(27)32(48)49/h4-13,16-19,42,47,50H,2-3,14-15H2,1H3,(H,48,49)(H,55,56,57)(H,38,39,40,41). The number of hydrogen-bond acceptors (Lipinski definition) is 20. The second-order valence-electron chi connectivity index (χ2n) is 12.1. The number of carboxylic acids is 1. The van der Waals surface area contributed by atoms with Crippen molar-refractivity contribution in [1.29, 1.82) is 0 Å². The van der Waals surface area contributed by atoms with Crippen LogP contribution in [-0.4, -0.2) is 90.2 Å².